The number of piperazine rings is 1. The first-order valence-corrected chi connectivity index (χ1v) is 6.50. The molecule has 0 aliphatic carbocycles. The highest BCUT2D eigenvalue weighted by Gasteiger charge is 2.29. The number of Topliss-reactive ketones (excluding diaryl/α,β-unsaturated/α-hetero) is 1. The molecule has 20 heavy (non-hydrogen) atoms. The van der Waals surface area contributed by atoms with Crippen LogP contribution in [0.15, 0.2) is 18.2 Å². The molecule has 0 bridgehead atoms. The molecule has 0 unspecified atom stereocenters. The first kappa shape index (κ1) is 14.2. The molecule has 0 aromatic heterocycles. The van der Waals surface area contributed by atoms with Crippen LogP contribution in [0.25, 0.3) is 0 Å². The van der Waals surface area contributed by atoms with Crippen molar-refractivity contribution in [3.63, 3.8) is 0 Å². The first-order valence-electron chi connectivity index (χ1n) is 6.50. The summed E-state index contributed by atoms with van der Waals surface area (Å²) in [5.74, 6) is -0.457. The summed E-state index contributed by atoms with van der Waals surface area (Å²) in [7, 11) is 1.59. The van der Waals surface area contributed by atoms with E-state index in [0.29, 0.717) is 5.56 Å². The van der Waals surface area contributed by atoms with E-state index in [1.807, 2.05) is 32.0 Å². The average Bonchev–Trinajstić information content (AvgIpc) is 2.38. The summed E-state index contributed by atoms with van der Waals surface area (Å²) in [6.45, 7) is 3.76. The summed E-state index contributed by atoms with van der Waals surface area (Å²) < 4.78 is 0. The zero-order valence-electron chi connectivity index (χ0n) is 12.0. The zero-order valence-corrected chi connectivity index (χ0v) is 12.0. The lowest BCUT2D eigenvalue weighted by Gasteiger charge is -2.31. The Morgan fingerprint density at radius 3 is 2.55 bits per heavy atom. The lowest BCUT2D eigenvalue weighted by atomic mass is 10.0. The van der Waals surface area contributed by atoms with Crippen LogP contribution in [0.2, 0.25) is 0 Å². The number of ketones is 1. The molecule has 1 aromatic carbocycles. The molecular formula is C15H18N2O3. The molecule has 0 atom stereocenters. The van der Waals surface area contributed by atoms with Crippen molar-refractivity contribution in [2.75, 3.05) is 26.7 Å². The number of rotatable bonds is 3. The fourth-order valence-corrected chi connectivity index (χ4v) is 2.20. The lowest BCUT2D eigenvalue weighted by molar-refractivity contribution is -0.148. The molecule has 1 aromatic rings. The summed E-state index contributed by atoms with van der Waals surface area (Å²) in [5, 5.41) is 0. The van der Waals surface area contributed by atoms with E-state index < -0.39 is 0 Å². The van der Waals surface area contributed by atoms with Gasteiger partial charge in [0.1, 0.15) is 6.54 Å². The number of benzene rings is 1. The topological polar surface area (TPSA) is 57.7 Å². The van der Waals surface area contributed by atoms with E-state index in [1.54, 1.807) is 7.05 Å². The van der Waals surface area contributed by atoms with Gasteiger partial charge >= 0.3 is 0 Å². The predicted molar refractivity (Wildman–Crippen MR) is 74.5 cm³/mol. The third kappa shape index (κ3) is 2.87. The fraction of sp³-hybridized carbons (Fsp3) is 0.400. The van der Waals surface area contributed by atoms with Crippen LogP contribution in [0.1, 0.15) is 21.5 Å². The number of carbonyl (C=O) groups is 3. The van der Waals surface area contributed by atoms with Gasteiger partial charge in [0.05, 0.1) is 13.1 Å². The minimum Gasteiger partial charge on any atom is -0.335 e. The quantitative estimate of drug-likeness (QED) is 0.766. The molecule has 2 rings (SSSR count). The molecule has 5 heteroatoms. The summed E-state index contributed by atoms with van der Waals surface area (Å²) in [6, 6.07) is 5.65. The highest BCUT2D eigenvalue weighted by Crippen LogP contribution is 2.13. The Labute approximate surface area is 118 Å². The molecule has 0 spiro atoms. The van der Waals surface area contributed by atoms with E-state index in [0.717, 1.165) is 11.1 Å². The van der Waals surface area contributed by atoms with Crippen molar-refractivity contribution in [1.82, 2.24) is 9.80 Å². The van der Waals surface area contributed by atoms with Crippen LogP contribution in [0.4, 0.5) is 0 Å². The average molecular weight is 274 g/mol. The van der Waals surface area contributed by atoms with Gasteiger partial charge in [-0.05, 0) is 25.5 Å². The molecule has 106 valence electrons. The predicted octanol–water partition coefficient (Wildman–Crippen LogP) is 0.787. The molecule has 1 aliphatic rings. The molecule has 0 radical (unpaired) electrons. The van der Waals surface area contributed by atoms with Gasteiger partial charge in [0, 0.05) is 12.6 Å². The van der Waals surface area contributed by atoms with Crippen molar-refractivity contribution in [3.8, 4) is 0 Å². The number of aryl methyl sites for hydroxylation is 2. The van der Waals surface area contributed by atoms with E-state index in [-0.39, 0.29) is 37.2 Å². The molecule has 5 nitrogen and oxygen atoms in total. The Morgan fingerprint density at radius 1 is 1.15 bits per heavy atom. The van der Waals surface area contributed by atoms with Crippen molar-refractivity contribution < 1.29 is 14.4 Å². The van der Waals surface area contributed by atoms with Crippen LogP contribution in [0, 0.1) is 13.8 Å². The summed E-state index contributed by atoms with van der Waals surface area (Å²) in [4.78, 5) is 38.5. The van der Waals surface area contributed by atoms with Crippen LogP contribution in [0.3, 0.4) is 0 Å². The summed E-state index contributed by atoms with van der Waals surface area (Å²) in [6.07, 6.45) is 0. The van der Waals surface area contributed by atoms with Gasteiger partial charge in [-0.2, -0.15) is 0 Å². The summed E-state index contributed by atoms with van der Waals surface area (Å²) >= 11 is 0. The molecule has 1 fully saturated rings. The van der Waals surface area contributed by atoms with Crippen molar-refractivity contribution in [2.24, 2.45) is 0 Å². The number of carbonyl (C=O) groups excluding carboxylic acids is 3. The molecule has 1 heterocycles. The molecule has 0 N–H and O–H groups in total. The fourth-order valence-electron chi connectivity index (χ4n) is 2.20. The van der Waals surface area contributed by atoms with E-state index in [4.69, 9.17) is 0 Å². The maximum absolute atomic E-state index is 12.3. The minimum atomic E-state index is -0.189. The van der Waals surface area contributed by atoms with Gasteiger partial charge in [-0.25, -0.2) is 0 Å². The summed E-state index contributed by atoms with van der Waals surface area (Å²) in [5.41, 5.74) is 2.50. The number of hydrogen-bond donors (Lipinski definition) is 0. The van der Waals surface area contributed by atoms with Crippen molar-refractivity contribution >= 4 is 17.6 Å². The number of amides is 2. The number of likely N-dealkylation sites (N-methyl/N-ethyl adjacent to an activating group) is 1. The van der Waals surface area contributed by atoms with Crippen LogP contribution in [-0.4, -0.2) is 54.1 Å². The van der Waals surface area contributed by atoms with Gasteiger partial charge in [-0.3, -0.25) is 14.4 Å². The van der Waals surface area contributed by atoms with E-state index in [1.165, 1.54) is 9.80 Å². The molecule has 1 saturated heterocycles. The molecular weight excluding hydrogens is 256 g/mol. The smallest absolute Gasteiger partial charge is 0.243 e. The maximum Gasteiger partial charge on any atom is 0.243 e. The van der Waals surface area contributed by atoms with Crippen LogP contribution in [-0.2, 0) is 9.59 Å². The SMILES string of the molecule is Cc1ccc(C)c(C(=O)CN2CC(=O)N(C)CC2=O)c1. The lowest BCUT2D eigenvalue weighted by Crippen LogP contribution is -2.53. The normalized spacial score (nSPS) is 15.8. The zero-order chi connectivity index (χ0) is 14.9. The Kier molecular flexibility index (Phi) is 3.88. The van der Waals surface area contributed by atoms with E-state index in [9.17, 15) is 14.4 Å². The number of hydrogen-bond acceptors (Lipinski definition) is 3. The second kappa shape index (κ2) is 5.45. The van der Waals surface area contributed by atoms with E-state index in [2.05, 4.69) is 0 Å². The third-order valence-corrected chi connectivity index (χ3v) is 3.50. The second-order valence-corrected chi connectivity index (χ2v) is 5.24. The first-order chi connectivity index (χ1) is 9.38. The van der Waals surface area contributed by atoms with Gasteiger partial charge in [-0.1, -0.05) is 17.7 Å². The highest BCUT2D eigenvalue weighted by atomic mass is 16.2. The van der Waals surface area contributed by atoms with Gasteiger partial charge in [0.2, 0.25) is 11.8 Å². The van der Waals surface area contributed by atoms with Crippen LogP contribution < -0.4 is 0 Å². The van der Waals surface area contributed by atoms with E-state index >= 15 is 0 Å². The minimum absolute atomic E-state index is 0.0219. The third-order valence-electron chi connectivity index (χ3n) is 3.50. The standard InChI is InChI=1S/C15H18N2O3/c1-10-4-5-11(2)12(6-10)13(18)7-17-9-14(19)16(3)8-15(17)20/h4-6H,7-9H2,1-3H3. The molecule has 2 amide bonds. The second-order valence-electron chi connectivity index (χ2n) is 5.24. The van der Waals surface area contributed by atoms with Crippen molar-refractivity contribution in [1.29, 1.82) is 0 Å². The molecule has 0 saturated carbocycles. The Hall–Kier alpha value is -2.17. The maximum atomic E-state index is 12.3. The van der Waals surface area contributed by atoms with Crippen LogP contribution in [0.5, 0.6) is 0 Å². The van der Waals surface area contributed by atoms with Crippen molar-refractivity contribution in [3.05, 3.63) is 34.9 Å². The van der Waals surface area contributed by atoms with Gasteiger partial charge in [0.25, 0.3) is 0 Å². The Bertz CT molecular complexity index is 580. The molecule has 1 aliphatic heterocycles. The Morgan fingerprint density at radius 2 is 1.85 bits per heavy atom. The van der Waals surface area contributed by atoms with Crippen molar-refractivity contribution in [2.45, 2.75) is 13.8 Å². The van der Waals surface area contributed by atoms with Gasteiger partial charge in [-0.15, -0.1) is 0 Å². The van der Waals surface area contributed by atoms with Crippen LogP contribution >= 0.6 is 0 Å². The Balaban J connectivity index is 2.13. The van der Waals surface area contributed by atoms with Gasteiger partial charge < -0.3 is 9.80 Å². The van der Waals surface area contributed by atoms with Gasteiger partial charge in [0.15, 0.2) is 5.78 Å². The largest absolute Gasteiger partial charge is 0.335 e. The monoisotopic (exact) mass is 274 g/mol. The highest BCUT2D eigenvalue weighted by molar-refractivity contribution is 6.02. The number of nitrogens with zero attached hydrogens (tertiary/aromatic N) is 2.